The number of carbonyl (C=O) groups excluding carboxylic acids is 1. The maximum Gasteiger partial charge on any atom is 0.354 e. The van der Waals surface area contributed by atoms with E-state index in [1.54, 1.807) is 56.3 Å². The van der Waals surface area contributed by atoms with Crippen molar-refractivity contribution >= 4 is 52.2 Å². The van der Waals surface area contributed by atoms with E-state index in [1.807, 2.05) is 0 Å². The Morgan fingerprint density at radius 1 is 1.15 bits per heavy atom. The summed E-state index contributed by atoms with van der Waals surface area (Å²) in [4.78, 5) is 12.4. The number of aliphatic hydroxyl groups excluding tert-OH is 1. The van der Waals surface area contributed by atoms with Gasteiger partial charge in [-0.1, -0.05) is 53.9 Å². The number of hydrazone groups is 1. The smallest absolute Gasteiger partial charge is 0.354 e. The van der Waals surface area contributed by atoms with Crippen LogP contribution in [0.25, 0.3) is 0 Å². The van der Waals surface area contributed by atoms with Gasteiger partial charge >= 0.3 is 5.97 Å². The van der Waals surface area contributed by atoms with E-state index in [9.17, 15) is 9.90 Å². The third-order valence-corrected chi connectivity index (χ3v) is 4.63. The molecule has 0 heterocycles. The second-order valence-electron chi connectivity index (χ2n) is 5.74. The maximum atomic E-state index is 12.4. The highest BCUT2D eigenvalue weighted by Gasteiger charge is 2.28. The summed E-state index contributed by atoms with van der Waals surface area (Å²) in [6, 6.07) is 11.5. The number of aliphatic hydroxyl groups is 1. The lowest BCUT2D eigenvalue weighted by Crippen LogP contribution is -2.29. The molecule has 0 spiro atoms. The number of hydrogen-bond donors (Lipinski definition) is 2. The van der Waals surface area contributed by atoms with Gasteiger partial charge in [0.2, 0.25) is 0 Å². The van der Waals surface area contributed by atoms with E-state index in [0.717, 1.165) is 0 Å². The summed E-state index contributed by atoms with van der Waals surface area (Å²) in [5, 5.41) is 16.2. The zero-order valence-corrected chi connectivity index (χ0v) is 17.0. The van der Waals surface area contributed by atoms with Crippen molar-refractivity contribution in [3.05, 3.63) is 63.1 Å². The third-order valence-electron chi connectivity index (χ3n) is 3.83. The third kappa shape index (κ3) is 5.84. The molecule has 0 radical (unpaired) electrons. The molecule has 0 bridgehead atoms. The number of benzene rings is 2. The van der Waals surface area contributed by atoms with Crippen LogP contribution in [-0.2, 0) is 9.53 Å². The fourth-order valence-corrected chi connectivity index (χ4v) is 2.91. The van der Waals surface area contributed by atoms with E-state index in [0.29, 0.717) is 26.3 Å². The zero-order chi connectivity index (χ0) is 20.0. The van der Waals surface area contributed by atoms with Crippen LogP contribution >= 0.6 is 34.8 Å². The Bertz CT molecular complexity index is 825. The Labute approximate surface area is 172 Å². The van der Waals surface area contributed by atoms with Gasteiger partial charge in [-0.3, -0.25) is 5.43 Å². The molecule has 8 heteroatoms. The van der Waals surface area contributed by atoms with Gasteiger partial charge in [0, 0.05) is 16.0 Å². The van der Waals surface area contributed by atoms with Gasteiger partial charge in [-0.05, 0) is 42.8 Å². The maximum absolute atomic E-state index is 12.4. The summed E-state index contributed by atoms with van der Waals surface area (Å²) in [5.74, 6) is -1.28. The fourth-order valence-electron chi connectivity index (χ4n) is 2.34. The van der Waals surface area contributed by atoms with E-state index in [-0.39, 0.29) is 12.3 Å². The van der Waals surface area contributed by atoms with Gasteiger partial charge in [-0.15, -0.1) is 0 Å². The van der Waals surface area contributed by atoms with Crippen LogP contribution < -0.4 is 5.43 Å². The van der Waals surface area contributed by atoms with Gasteiger partial charge in [0.15, 0.2) is 5.71 Å². The van der Waals surface area contributed by atoms with Crippen molar-refractivity contribution in [1.29, 1.82) is 0 Å². The van der Waals surface area contributed by atoms with Crippen molar-refractivity contribution in [3.63, 3.8) is 0 Å². The first kappa shape index (κ1) is 21.5. The minimum Gasteiger partial charge on any atom is -0.461 e. The highest BCUT2D eigenvalue weighted by atomic mass is 35.5. The van der Waals surface area contributed by atoms with Crippen LogP contribution in [0, 0.1) is 5.92 Å². The molecule has 0 aromatic heterocycles. The molecule has 2 rings (SSSR count). The molecule has 0 fully saturated rings. The van der Waals surface area contributed by atoms with Gasteiger partial charge in [-0.25, -0.2) is 4.79 Å². The van der Waals surface area contributed by atoms with Crippen LogP contribution in [0.4, 0.5) is 5.69 Å². The SMILES string of the molecule is CCOC(=O)/C(=N\Nc1ccc(Cl)cc1Cl)C(C)C(O)c1ccc(Cl)cc1. The first-order chi connectivity index (χ1) is 12.8. The molecule has 0 aliphatic heterocycles. The fraction of sp³-hybridized carbons (Fsp3) is 0.263. The normalized spacial score (nSPS) is 13.8. The molecule has 0 saturated carbocycles. The summed E-state index contributed by atoms with van der Waals surface area (Å²) in [6.07, 6.45) is -0.979. The first-order valence-electron chi connectivity index (χ1n) is 8.22. The lowest BCUT2D eigenvalue weighted by Gasteiger charge is -2.20. The quantitative estimate of drug-likeness (QED) is 0.354. The molecule has 0 saturated heterocycles. The van der Waals surface area contributed by atoms with Crippen molar-refractivity contribution in [3.8, 4) is 0 Å². The molecule has 144 valence electrons. The number of carbonyl (C=O) groups is 1. The molecule has 0 aliphatic carbocycles. The van der Waals surface area contributed by atoms with E-state index in [4.69, 9.17) is 39.5 Å². The van der Waals surface area contributed by atoms with E-state index in [1.165, 1.54) is 0 Å². The number of halogens is 3. The second kappa shape index (κ2) is 9.95. The standard InChI is InChI=1S/C19H19Cl3N2O3/c1-3-27-19(26)17(24-23-16-9-8-14(21)10-15(16)22)11(2)18(25)12-4-6-13(20)7-5-12/h4-11,18,23,25H,3H2,1-2H3/b24-17-. The molecule has 0 amide bonds. The number of esters is 1. The molecule has 2 atom stereocenters. The molecule has 0 aliphatic rings. The second-order valence-corrected chi connectivity index (χ2v) is 7.02. The lowest BCUT2D eigenvalue weighted by molar-refractivity contribution is -0.135. The van der Waals surface area contributed by atoms with Gasteiger partial charge in [0.25, 0.3) is 0 Å². The van der Waals surface area contributed by atoms with E-state index in [2.05, 4.69) is 10.5 Å². The Balaban J connectivity index is 2.29. The lowest BCUT2D eigenvalue weighted by atomic mass is 9.93. The predicted octanol–water partition coefficient (Wildman–Crippen LogP) is 5.35. The molecule has 2 aromatic rings. The van der Waals surface area contributed by atoms with Crippen molar-refractivity contribution in [1.82, 2.24) is 0 Å². The van der Waals surface area contributed by atoms with E-state index < -0.39 is 18.0 Å². The zero-order valence-electron chi connectivity index (χ0n) is 14.7. The Kier molecular flexibility index (Phi) is 7.92. The molecule has 2 unspecified atom stereocenters. The number of nitrogens with zero attached hydrogens (tertiary/aromatic N) is 1. The van der Waals surface area contributed by atoms with Crippen LogP contribution in [0.2, 0.25) is 15.1 Å². The Morgan fingerprint density at radius 3 is 2.37 bits per heavy atom. The van der Waals surface area contributed by atoms with Crippen molar-refractivity contribution in [2.24, 2.45) is 11.0 Å². The van der Waals surface area contributed by atoms with Gasteiger partial charge in [0.1, 0.15) is 0 Å². The topological polar surface area (TPSA) is 70.9 Å². The summed E-state index contributed by atoms with van der Waals surface area (Å²) in [7, 11) is 0. The summed E-state index contributed by atoms with van der Waals surface area (Å²) in [6.45, 7) is 3.56. The van der Waals surface area contributed by atoms with Crippen LogP contribution in [0.15, 0.2) is 47.6 Å². The molecule has 2 aromatic carbocycles. The number of nitrogens with one attached hydrogen (secondary N) is 1. The number of anilines is 1. The van der Waals surface area contributed by atoms with Gasteiger partial charge in [0.05, 0.1) is 23.4 Å². The molecule has 5 nitrogen and oxygen atoms in total. The highest BCUT2D eigenvalue weighted by molar-refractivity contribution is 6.38. The largest absolute Gasteiger partial charge is 0.461 e. The number of rotatable bonds is 7. The average Bonchev–Trinajstić information content (AvgIpc) is 2.63. The Morgan fingerprint density at radius 2 is 1.78 bits per heavy atom. The van der Waals surface area contributed by atoms with Crippen LogP contribution in [-0.4, -0.2) is 23.4 Å². The van der Waals surface area contributed by atoms with E-state index >= 15 is 0 Å². The predicted molar refractivity (Wildman–Crippen MR) is 110 cm³/mol. The van der Waals surface area contributed by atoms with Crippen LogP contribution in [0.3, 0.4) is 0 Å². The van der Waals surface area contributed by atoms with Crippen molar-refractivity contribution in [2.75, 3.05) is 12.0 Å². The minimum absolute atomic E-state index is 0.0327. The summed E-state index contributed by atoms with van der Waals surface area (Å²) in [5.41, 5.74) is 3.85. The van der Waals surface area contributed by atoms with Crippen molar-refractivity contribution in [2.45, 2.75) is 20.0 Å². The average molecular weight is 430 g/mol. The summed E-state index contributed by atoms with van der Waals surface area (Å²) >= 11 is 17.9. The monoisotopic (exact) mass is 428 g/mol. The highest BCUT2D eigenvalue weighted by Crippen LogP contribution is 2.27. The molecule has 2 N–H and O–H groups in total. The summed E-state index contributed by atoms with van der Waals surface area (Å²) < 4.78 is 5.07. The number of ether oxygens (including phenoxy) is 1. The van der Waals surface area contributed by atoms with Gasteiger partial charge in [-0.2, -0.15) is 5.10 Å². The Hall–Kier alpha value is -1.79. The molecular weight excluding hydrogens is 411 g/mol. The molecular formula is C19H19Cl3N2O3. The molecule has 27 heavy (non-hydrogen) atoms. The first-order valence-corrected chi connectivity index (χ1v) is 9.36. The van der Waals surface area contributed by atoms with Crippen LogP contribution in [0.1, 0.15) is 25.5 Å². The van der Waals surface area contributed by atoms with Crippen molar-refractivity contribution < 1.29 is 14.6 Å². The number of hydrogen-bond acceptors (Lipinski definition) is 5. The van der Waals surface area contributed by atoms with Crippen LogP contribution in [0.5, 0.6) is 0 Å². The van der Waals surface area contributed by atoms with Gasteiger partial charge < -0.3 is 9.84 Å². The minimum atomic E-state index is -0.979.